The molecule has 3 saturated carbocycles. The monoisotopic (exact) mass is 197 g/mol. The van der Waals surface area contributed by atoms with Crippen LogP contribution in [0.5, 0.6) is 0 Å². The second kappa shape index (κ2) is 2.88. The van der Waals surface area contributed by atoms with Crippen LogP contribution in [-0.4, -0.2) is 17.2 Å². The Balaban J connectivity index is 2.04. The molecule has 0 aromatic rings. The predicted molar refractivity (Wildman–Crippen MR) is 54.1 cm³/mol. The molecule has 1 amide bonds. The van der Waals surface area contributed by atoms with Gasteiger partial charge in [-0.05, 0) is 36.0 Å². The van der Waals surface area contributed by atoms with Crippen molar-refractivity contribution >= 4 is 6.09 Å². The van der Waals surface area contributed by atoms with E-state index in [1.54, 1.807) is 0 Å². The fraction of sp³-hybridized carbons (Fsp3) is 0.909. The molecule has 80 valence electrons. The highest BCUT2D eigenvalue weighted by Crippen LogP contribution is 2.61. The van der Waals surface area contributed by atoms with Gasteiger partial charge < -0.3 is 10.4 Å². The van der Waals surface area contributed by atoms with Gasteiger partial charge >= 0.3 is 6.09 Å². The molecule has 3 nitrogen and oxygen atoms in total. The molecule has 3 rings (SSSR count). The quantitative estimate of drug-likeness (QED) is 0.677. The summed E-state index contributed by atoms with van der Waals surface area (Å²) in [5, 5.41) is 11.4. The Morgan fingerprint density at radius 1 is 1.43 bits per heavy atom. The molecule has 0 spiro atoms. The van der Waals surface area contributed by atoms with Crippen LogP contribution >= 0.6 is 0 Å². The minimum atomic E-state index is -0.874. The minimum absolute atomic E-state index is 0.185. The van der Waals surface area contributed by atoms with Gasteiger partial charge in [0, 0.05) is 6.04 Å². The van der Waals surface area contributed by atoms with Crippen LogP contribution in [0.4, 0.5) is 4.79 Å². The second-order valence-corrected chi connectivity index (χ2v) is 5.51. The van der Waals surface area contributed by atoms with Crippen LogP contribution in [0.1, 0.15) is 33.6 Å². The Morgan fingerprint density at radius 3 is 2.50 bits per heavy atom. The van der Waals surface area contributed by atoms with Crippen LogP contribution in [-0.2, 0) is 0 Å². The highest BCUT2D eigenvalue weighted by atomic mass is 16.4. The number of nitrogens with one attached hydrogen (secondary N) is 1. The van der Waals surface area contributed by atoms with Crippen LogP contribution < -0.4 is 5.32 Å². The van der Waals surface area contributed by atoms with Crippen molar-refractivity contribution in [2.75, 3.05) is 0 Å². The van der Waals surface area contributed by atoms with Gasteiger partial charge in [-0.15, -0.1) is 0 Å². The molecule has 14 heavy (non-hydrogen) atoms. The summed E-state index contributed by atoms with van der Waals surface area (Å²) in [6.45, 7) is 6.82. The third kappa shape index (κ3) is 1.22. The molecule has 0 heterocycles. The van der Waals surface area contributed by atoms with Gasteiger partial charge in [-0.25, -0.2) is 4.79 Å². The van der Waals surface area contributed by atoms with Crippen LogP contribution in [0.2, 0.25) is 0 Å². The number of rotatable bonds is 1. The smallest absolute Gasteiger partial charge is 0.404 e. The SMILES string of the molecule is CC1C2C[C@@H](C[C@H]1NC(=O)O)C2(C)C. The largest absolute Gasteiger partial charge is 0.465 e. The Hall–Kier alpha value is -0.730. The summed E-state index contributed by atoms with van der Waals surface area (Å²) >= 11 is 0. The highest BCUT2D eigenvalue weighted by Gasteiger charge is 2.56. The van der Waals surface area contributed by atoms with E-state index >= 15 is 0 Å². The number of fused-ring (bicyclic) bond motifs is 2. The number of carboxylic acid groups (broad SMARTS) is 1. The van der Waals surface area contributed by atoms with Gasteiger partial charge in [-0.3, -0.25) is 0 Å². The minimum Gasteiger partial charge on any atom is -0.465 e. The first-order valence-corrected chi connectivity index (χ1v) is 5.42. The van der Waals surface area contributed by atoms with Crippen molar-refractivity contribution in [3.05, 3.63) is 0 Å². The summed E-state index contributed by atoms with van der Waals surface area (Å²) in [6, 6.07) is 0.185. The number of hydrogen-bond acceptors (Lipinski definition) is 1. The van der Waals surface area contributed by atoms with E-state index < -0.39 is 6.09 Å². The molecule has 0 aliphatic heterocycles. The third-order valence-electron chi connectivity index (χ3n) is 4.66. The molecule has 2 unspecified atom stereocenters. The maximum Gasteiger partial charge on any atom is 0.404 e. The molecule has 0 aromatic heterocycles. The van der Waals surface area contributed by atoms with E-state index in [0.717, 1.165) is 12.3 Å². The summed E-state index contributed by atoms with van der Waals surface area (Å²) in [4.78, 5) is 10.6. The lowest BCUT2D eigenvalue weighted by atomic mass is 9.45. The fourth-order valence-corrected chi connectivity index (χ4v) is 3.50. The molecule has 3 aliphatic rings. The van der Waals surface area contributed by atoms with Gasteiger partial charge in [0.05, 0.1) is 0 Å². The van der Waals surface area contributed by atoms with Gasteiger partial charge in [-0.1, -0.05) is 20.8 Å². The standard InChI is InChI=1S/C11H19NO2/c1-6-8-4-7(11(8,2)3)5-9(6)12-10(13)14/h6-9,12H,4-5H2,1-3H3,(H,13,14)/t6?,7-,8?,9+/m0/s1. The number of hydrogen-bond donors (Lipinski definition) is 2. The van der Waals surface area contributed by atoms with Gasteiger partial charge in [-0.2, -0.15) is 0 Å². The van der Waals surface area contributed by atoms with Gasteiger partial charge in [0.25, 0.3) is 0 Å². The molecule has 3 heteroatoms. The van der Waals surface area contributed by atoms with Crippen molar-refractivity contribution in [2.45, 2.75) is 39.7 Å². The maximum atomic E-state index is 10.6. The van der Waals surface area contributed by atoms with Gasteiger partial charge in [0.1, 0.15) is 0 Å². The zero-order chi connectivity index (χ0) is 10.5. The summed E-state index contributed by atoms with van der Waals surface area (Å²) in [6.07, 6.45) is 1.45. The van der Waals surface area contributed by atoms with Crippen molar-refractivity contribution in [1.29, 1.82) is 0 Å². The molecule has 0 saturated heterocycles. The Bertz CT molecular complexity index is 262. The van der Waals surface area contributed by atoms with Crippen LogP contribution in [0.3, 0.4) is 0 Å². The summed E-state index contributed by atoms with van der Waals surface area (Å²) in [7, 11) is 0. The zero-order valence-corrected chi connectivity index (χ0v) is 9.08. The average Bonchev–Trinajstić information content (AvgIpc) is 2.06. The molecule has 2 N–H and O–H groups in total. The lowest BCUT2D eigenvalue weighted by Crippen LogP contribution is -2.60. The summed E-state index contributed by atoms with van der Waals surface area (Å²) in [5.41, 5.74) is 0.441. The van der Waals surface area contributed by atoms with E-state index in [4.69, 9.17) is 5.11 Å². The molecule has 3 aliphatic carbocycles. The maximum absolute atomic E-state index is 10.6. The highest BCUT2D eigenvalue weighted by molar-refractivity contribution is 5.65. The number of amides is 1. The van der Waals surface area contributed by atoms with Crippen LogP contribution in [0.15, 0.2) is 0 Å². The summed E-state index contributed by atoms with van der Waals surface area (Å²) in [5.74, 6) is 1.92. The topological polar surface area (TPSA) is 49.3 Å². The van der Waals surface area contributed by atoms with Crippen molar-refractivity contribution in [3.8, 4) is 0 Å². The molecule has 4 atom stereocenters. The predicted octanol–water partition coefficient (Wildman–Crippen LogP) is 2.32. The average molecular weight is 197 g/mol. The van der Waals surface area contributed by atoms with Gasteiger partial charge in [0.2, 0.25) is 0 Å². The van der Waals surface area contributed by atoms with E-state index in [1.807, 2.05) is 0 Å². The van der Waals surface area contributed by atoms with Gasteiger partial charge in [0.15, 0.2) is 0 Å². The lowest BCUT2D eigenvalue weighted by molar-refractivity contribution is -0.113. The first kappa shape index (κ1) is 9.81. The zero-order valence-electron chi connectivity index (χ0n) is 9.08. The Kier molecular flexibility index (Phi) is 2.02. The second-order valence-electron chi connectivity index (χ2n) is 5.51. The van der Waals surface area contributed by atoms with E-state index in [1.165, 1.54) is 6.42 Å². The van der Waals surface area contributed by atoms with E-state index in [0.29, 0.717) is 17.3 Å². The molecule has 0 radical (unpaired) electrons. The van der Waals surface area contributed by atoms with Crippen molar-refractivity contribution in [1.82, 2.24) is 5.32 Å². The molecule has 2 bridgehead atoms. The van der Waals surface area contributed by atoms with E-state index in [2.05, 4.69) is 26.1 Å². The Labute approximate surface area is 84.9 Å². The van der Waals surface area contributed by atoms with E-state index in [-0.39, 0.29) is 6.04 Å². The van der Waals surface area contributed by atoms with Crippen molar-refractivity contribution < 1.29 is 9.90 Å². The molecular weight excluding hydrogens is 178 g/mol. The third-order valence-corrected chi connectivity index (χ3v) is 4.66. The molecular formula is C11H19NO2. The fourth-order valence-electron chi connectivity index (χ4n) is 3.50. The lowest BCUT2D eigenvalue weighted by Gasteiger charge is -2.61. The summed E-state index contributed by atoms with van der Waals surface area (Å²) < 4.78 is 0. The van der Waals surface area contributed by atoms with E-state index in [9.17, 15) is 4.79 Å². The van der Waals surface area contributed by atoms with Crippen molar-refractivity contribution in [2.24, 2.45) is 23.2 Å². The first-order chi connectivity index (χ1) is 6.43. The first-order valence-electron chi connectivity index (χ1n) is 5.42. The normalized spacial score (nSPS) is 43.9. The van der Waals surface area contributed by atoms with Crippen LogP contribution in [0, 0.1) is 23.2 Å². The van der Waals surface area contributed by atoms with Crippen molar-refractivity contribution in [3.63, 3.8) is 0 Å². The Morgan fingerprint density at radius 2 is 2.07 bits per heavy atom. The number of carbonyl (C=O) groups is 1. The molecule has 0 aromatic carbocycles. The molecule has 3 fully saturated rings. The van der Waals surface area contributed by atoms with Crippen LogP contribution in [0.25, 0.3) is 0 Å².